The first kappa shape index (κ1) is 13.5. The molecule has 92 valence electrons. The second-order valence-electron chi connectivity index (χ2n) is 3.73. The minimum atomic E-state index is -1.49. The van der Waals surface area contributed by atoms with Crippen molar-refractivity contribution >= 4 is 23.4 Å². The fourth-order valence-electron chi connectivity index (χ4n) is 1.77. The SMILES string of the molecule is COc1c(C)c(C)c(C(=O)C(=O)O)c(C)c1Cl. The number of Topliss-reactive ketones (excluding diaryl/α,β-unsaturated/α-hetero) is 1. The number of hydrogen-bond acceptors (Lipinski definition) is 3. The number of carbonyl (C=O) groups excluding carboxylic acids is 1. The summed E-state index contributed by atoms with van der Waals surface area (Å²) in [4.78, 5) is 22.3. The molecule has 0 radical (unpaired) electrons. The van der Waals surface area contributed by atoms with Crippen LogP contribution in [0.15, 0.2) is 0 Å². The summed E-state index contributed by atoms with van der Waals surface area (Å²) in [5.74, 6) is -1.96. The highest BCUT2D eigenvalue weighted by atomic mass is 35.5. The van der Waals surface area contributed by atoms with Gasteiger partial charge in [0.15, 0.2) is 0 Å². The van der Waals surface area contributed by atoms with E-state index in [1.54, 1.807) is 20.8 Å². The molecule has 5 heteroatoms. The van der Waals surface area contributed by atoms with Gasteiger partial charge in [0.25, 0.3) is 5.78 Å². The van der Waals surface area contributed by atoms with E-state index in [4.69, 9.17) is 21.4 Å². The first-order valence-corrected chi connectivity index (χ1v) is 5.31. The predicted octanol–water partition coefficient (Wildman–Crippen LogP) is 2.54. The zero-order valence-corrected chi connectivity index (χ0v) is 10.8. The summed E-state index contributed by atoms with van der Waals surface area (Å²) in [6.07, 6.45) is 0. The number of halogens is 1. The lowest BCUT2D eigenvalue weighted by Crippen LogP contribution is -2.17. The predicted molar refractivity (Wildman–Crippen MR) is 64.2 cm³/mol. The van der Waals surface area contributed by atoms with Crippen LogP contribution in [0.4, 0.5) is 0 Å². The van der Waals surface area contributed by atoms with Gasteiger partial charge in [0, 0.05) is 5.56 Å². The summed E-state index contributed by atoms with van der Waals surface area (Å²) < 4.78 is 5.14. The van der Waals surface area contributed by atoms with Crippen LogP contribution in [0.5, 0.6) is 5.75 Å². The highest BCUT2D eigenvalue weighted by Gasteiger charge is 2.25. The second-order valence-corrected chi connectivity index (χ2v) is 4.11. The van der Waals surface area contributed by atoms with Gasteiger partial charge in [-0.3, -0.25) is 4.79 Å². The molecule has 0 aliphatic rings. The Kier molecular flexibility index (Phi) is 3.78. The summed E-state index contributed by atoms with van der Waals surface area (Å²) >= 11 is 6.05. The largest absolute Gasteiger partial charge is 0.495 e. The zero-order valence-electron chi connectivity index (χ0n) is 10.0. The smallest absolute Gasteiger partial charge is 0.377 e. The Balaban J connectivity index is 3.65. The van der Waals surface area contributed by atoms with Crippen molar-refractivity contribution in [2.75, 3.05) is 7.11 Å². The fraction of sp³-hybridized carbons (Fsp3) is 0.333. The summed E-state index contributed by atoms with van der Waals surface area (Å²) in [7, 11) is 1.48. The molecule has 0 amide bonds. The van der Waals surface area contributed by atoms with E-state index in [-0.39, 0.29) is 10.6 Å². The lowest BCUT2D eigenvalue weighted by Gasteiger charge is -2.16. The van der Waals surface area contributed by atoms with Gasteiger partial charge in [0.1, 0.15) is 5.75 Å². The number of ketones is 1. The van der Waals surface area contributed by atoms with Crippen molar-refractivity contribution in [1.29, 1.82) is 0 Å². The van der Waals surface area contributed by atoms with E-state index in [9.17, 15) is 9.59 Å². The van der Waals surface area contributed by atoms with Gasteiger partial charge in [-0.05, 0) is 37.5 Å². The molecule has 0 aliphatic carbocycles. The molecule has 0 saturated carbocycles. The number of aliphatic carboxylic acids is 1. The third-order valence-corrected chi connectivity index (χ3v) is 3.26. The molecule has 0 atom stereocenters. The molecule has 0 heterocycles. The van der Waals surface area contributed by atoms with Crippen LogP contribution in [0.3, 0.4) is 0 Å². The molecule has 4 nitrogen and oxygen atoms in total. The molecular weight excluding hydrogens is 244 g/mol. The molecule has 0 bridgehead atoms. The minimum Gasteiger partial charge on any atom is -0.495 e. The Morgan fingerprint density at radius 1 is 1.12 bits per heavy atom. The van der Waals surface area contributed by atoms with Crippen molar-refractivity contribution in [1.82, 2.24) is 0 Å². The molecule has 0 aliphatic heterocycles. The minimum absolute atomic E-state index is 0.140. The third kappa shape index (κ3) is 2.13. The molecule has 1 aromatic rings. The van der Waals surface area contributed by atoms with Crippen molar-refractivity contribution in [3.05, 3.63) is 27.3 Å². The molecule has 0 aromatic heterocycles. The number of rotatable bonds is 3. The van der Waals surface area contributed by atoms with Crippen LogP contribution in [-0.4, -0.2) is 24.0 Å². The van der Waals surface area contributed by atoms with Crippen LogP contribution >= 0.6 is 11.6 Å². The number of benzene rings is 1. The standard InChI is InChI=1S/C12H13ClO4/c1-5-6(2)11(17-4)9(13)7(3)8(5)10(14)12(15)16/h1-4H3,(H,15,16). The van der Waals surface area contributed by atoms with Crippen LogP contribution in [0.1, 0.15) is 27.0 Å². The van der Waals surface area contributed by atoms with E-state index in [2.05, 4.69) is 0 Å². The molecule has 0 saturated heterocycles. The van der Waals surface area contributed by atoms with Crippen LogP contribution in [0.25, 0.3) is 0 Å². The normalized spacial score (nSPS) is 10.2. The number of ether oxygens (including phenoxy) is 1. The molecule has 17 heavy (non-hydrogen) atoms. The van der Waals surface area contributed by atoms with Crippen molar-refractivity contribution < 1.29 is 19.4 Å². The van der Waals surface area contributed by atoms with E-state index >= 15 is 0 Å². The first-order valence-electron chi connectivity index (χ1n) is 4.93. The maximum absolute atomic E-state index is 11.6. The average molecular weight is 257 g/mol. The van der Waals surface area contributed by atoms with Gasteiger partial charge in [-0.25, -0.2) is 4.79 Å². The number of methoxy groups -OCH3 is 1. The van der Waals surface area contributed by atoms with Crippen molar-refractivity contribution in [2.45, 2.75) is 20.8 Å². The zero-order chi connectivity index (χ0) is 13.3. The topological polar surface area (TPSA) is 63.6 Å². The highest BCUT2D eigenvalue weighted by molar-refractivity contribution is 6.42. The average Bonchev–Trinajstić information content (AvgIpc) is 2.27. The van der Waals surface area contributed by atoms with E-state index in [0.717, 1.165) is 0 Å². The molecule has 1 N–H and O–H groups in total. The molecular formula is C12H13ClO4. The van der Waals surface area contributed by atoms with Gasteiger partial charge in [0.05, 0.1) is 12.1 Å². The van der Waals surface area contributed by atoms with Crippen LogP contribution < -0.4 is 4.74 Å². The van der Waals surface area contributed by atoms with Crippen molar-refractivity contribution in [3.63, 3.8) is 0 Å². The summed E-state index contributed by atoms with van der Waals surface area (Å²) in [5, 5.41) is 9.05. The Morgan fingerprint density at radius 3 is 2.06 bits per heavy atom. The highest BCUT2D eigenvalue weighted by Crippen LogP contribution is 2.36. The molecule has 0 fully saturated rings. The quantitative estimate of drug-likeness (QED) is 0.667. The van der Waals surface area contributed by atoms with Crippen molar-refractivity contribution in [2.24, 2.45) is 0 Å². The Hall–Kier alpha value is -1.55. The van der Waals surface area contributed by atoms with Crippen LogP contribution in [0.2, 0.25) is 5.02 Å². The molecule has 1 rings (SSSR count). The Morgan fingerprint density at radius 2 is 1.65 bits per heavy atom. The van der Waals surface area contributed by atoms with Crippen molar-refractivity contribution in [3.8, 4) is 5.75 Å². The van der Waals surface area contributed by atoms with Gasteiger partial charge in [0.2, 0.25) is 0 Å². The maximum atomic E-state index is 11.6. The number of carboxylic acid groups (broad SMARTS) is 1. The fourth-order valence-corrected chi connectivity index (χ4v) is 2.09. The number of carboxylic acids is 1. The molecule has 0 unspecified atom stereocenters. The van der Waals surface area contributed by atoms with E-state index in [0.29, 0.717) is 22.4 Å². The van der Waals surface area contributed by atoms with Gasteiger partial charge < -0.3 is 9.84 Å². The number of hydrogen-bond donors (Lipinski definition) is 1. The molecule has 0 spiro atoms. The first-order chi connectivity index (χ1) is 7.82. The van der Waals surface area contributed by atoms with E-state index < -0.39 is 11.8 Å². The van der Waals surface area contributed by atoms with E-state index in [1.807, 2.05) is 0 Å². The summed E-state index contributed by atoms with van der Waals surface area (Å²) in [5.41, 5.74) is 1.82. The van der Waals surface area contributed by atoms with Gasteiger partial charge in [-0.1, -0.05) is 11.6 Å². The van der Waals surface area contributed by atoms with E-state index in [1.165, 1.54) is 7.11 Å². The van der Waals surface area contributed by atoms with Gasteiger partial charge in [-0.2, -0.15) is 0 Å². The monoisotopic (exact) mass is 256 g/mol. The Bertz CT molecular complexity index is 477. The second kappa shape index (κ2) is 4.75. The maximum Gasteiger partial charge on any atom is 0.377 e. The van der Waals surface area contributed by atoms with Gasteiger partial charge >= 0.3 is 5.97 Å². The summed E-state index contributed by atoms with van der Waals surface area (Å²) in [6.45, 7) is 5.02. The Labute approximate surface area is 104 Å². The van der Waals surface area contributed by atoms with Crippen LogP contribution in [0, 0.1) is 20.8 Å². The number of carbonyl (C=O) groups is 2. The lowest BCUT2D eigenvalue weighted by molar-refractivity contribution is -0.131. The van der Waals surface area contributed by atoms with Crippen LogP contribution in [-0.2, 0) is 4.79 Å². The summed E-state index contributed by atoms with van der Waals surface area (Å²) in [6, 6.07) is 0. The third-order valence-electron chi connectivity index (χ3n) is 2.81. The van der Waals surface area contributed by atoms with Gasteiger partial charge in [-0.15, -0.1) is 0 Å². The lowest BCUT2D eigenvalue weighted by atomic mass is 9.94. The molecule has 1 aromatic carbocycles.